The summed E-state index contributed by atoms with van der Waals surface area (Å²) < 4.78 is 0. The largest absolute Gasteiger partial charge is 0.480 e. The van der Waals surface area contributed by atoms with Gasteiger partial charge in [-0.15, -0.1) is 12.3 Å². The SMILES string of the molecule is C#CCCC(=O)N(CC(=O)O)c1ccccc1. The second-order valence-electron chi connectivity index (χ2n) is 3.41. The van der Waals surface area contributed by atoms with Crippen molar-refractivity contribution >= 4 is 17.6 Å². The molecule has 0 aliphatic heterocycles. The van der Waals surface area contributed by atoms with Crippen molar-refractivity contribution in [3.05, 3.63) is 30.3 Å². The van der Waals surface area contributed by atoms with Gasteiger partial charge in [-0.2, -0.15) is 0 Å². The molecule has 88 valence electrons. The summed E-state index contributed by atoms with van der Waals surface area (Å²) in [5, 5.41) is 8.79. The van der Waals surface area contributed by atoms with Gasteiger partial charge in [0.1, 0.15) is 6.54 Å². The molecule has 0 aromatic heterocycles. The Morgan fingerprint density at radius 3 is 2.47 bits per heavy atom. The summed E-state index contributed by atoms with van der Waals surface area (Å²) in [4.78, 5) is 23.8. The lowest BCUT2D eigenvalue weighted by Gasteiger charge is -2.20. The number of amides is 1. The van der Waals surface area contributed by atoms with Gasteiger partial charge in [-0.05, 0) is 12.1 Å². The van der Waals surface area contributed by atoms with Gasteiger partial charge >= 0.3 is 5.97 Å². The van der Waals surface area contributed by atoms with Crippen molar-refractivity contribution in [2.24, 2.45) is 0 Å². The lowest BCUT2D eigenvalue weighted by atomic mass is 10.2. The van der Waals surface area contributed by atoms with Crippen molar-refractivity contribution < 1.29 is 14.7 Å². The van der Waals surface area contributed by atoms with Crippen molar-refractivity contribution in [2.45, 2.75) is 12.8 Å². The van der Waals surface area contributed by atoms with Crippen LogP contribution in [0, 0.1) is 12.3 Å². The lowest BCUT2D eigenvalue weighted by Crippen LogP contribution is -2.35. The van der Waals surface area contributed by atoms with Crippen molar-refractivity contribution in [2.75, 3.05) is 11.4 Å². The molecule has 0 radical (unpaired) electrons. The number of benzene rings is 1. The van der Waals surface area contributed by atoms with Crippen LogP contribution < -0.4 is 4.90 Å². The third-order valence-corrected chi connectivity index (χ3v) is 2.15. The van der Waals surface area contributed by atoms with E-state index in [1.165, 1.54) is 4.90 Å². The second-order valence-corrected chi connectivity index (χ2v) is 3.41. The second kappa shape index (κ2) is 6.33. The van der Waals surface area contributed by atoms with E-state index in [1.54, 1.807) is 30.3 Å². The monoisotopic (exact) mass is 231 g/mol. The summed E-state index contributed by atoms with van der Waals surface area (Å²) in [6.45, 7) is -0.354. The van der Waals surface area contributed by atoms with Crippen LogP contribution in [0.5, 0.6) is 0 Å². The van der Waals surface area contributed by atoms with Gasteiger partial charge in [-0.1, -0.05) is 18.2 Å². The summed E-state index contributed by atoms with van der Waals surface area (Å²) in [7, 11) is 0. The lowest BCUT2D eigenvalue weighted by molar-refractivity contribution is -0.136. The number of carboxylic acids is 1. The molecule has 0 heterocycles. The standard InChI is InChI=1S/C13H13NO3/c1-2-3-9-12(15)14(10-13(16)17)11-7-5-4-6-8-11/h1,4-8H,3,9-10H2,(H,16,17). The topological polar surface area (TPSA) is 57.6 Å². The predicted octanol–water partition coefficient (Wildman–Crippen LogP) is 1.52. The number of carbonyl (C=O) groups is 2. The fourth-order valence-electron chi connectivity index (χ4n) is 1.38. The van der Waals surface area contributed by atoms with Gasteiger partial charge in [0.25, 0.3) is 0 Å². The highest BCUT2D eigenvalue weighted by Gasteiger charge is 2.17. The number of carbonyl (C=O) groups excluding carboxylic acids is 1. The Balaban J connectivity index is 2.85. The molecule has 1 N–H and O–H groups in total. The number of terminal acetylenes is 1. The minimum absolute atomic E-state index is 0.151. The van der Waals surface area contributed by atoms with E-state index < -0.39 is 5.97 Å². The van der Waals surface area contributed by atoms with Gasteiger partial charge in [0.2, 0.25) is 5.91 Å². The van der Waals surface area contributed by atoms with Crippen LogP contribution in [0.1, 0.15) is 12.8 Å². The van der Waals surface area contributed by atoms with Gasteiger partial charge in [0.05, 0.1) is 0 Å². The van der Waals surface area contributed by atoms with Crippen molar-refractivity contribution in [3.8, 4) is 12.3 Å². The Labute approximate surface area is 99.9 Å². The predicted molar refractivity (Wildman–Crippen MR) is 64.5 cm³/mol. The van der Waals surface area contributed by atoms with E-state index in [0.717, 1.165) is 0 Å². The van der Waals surface area contributed by atoms with Gasteiger partial charge in [0.15, 0.2) is 0 Å². The van der Waals surface area contributed by atoms with E-state index in [-0.39, 0.29) is 18.9 Å². The van der Waals surface area contributed by atoms with E-state index in [1.807, 2.05) is 0 Å². The number of aliphatic carboxylic acids is 1. The number of rotatable bonds is 5. The molecule has 0 aliphatic rings. The molecule has 0 saturated carbocycles. The van der Waals surface area contributed by atoms with E-state index in [0.29, 0.717) is 12.1 Å². The fraction of sp³-hybridized carbons (Fsp3) is 0.231. The van der Waals surface area contributed by atoms with Gasteiger partial charge in [-0.25, -0.2) is 0 Å². The fourth-order valence-corrected chi connectivity index (χ4v) is 1.38. The summed E-state index contributed by atoms with van der Waals surface area (Å²) in [5.74, 6) is 1.03. The number of hydrogen-bond acceptors (Lipinski definition) is 2. The summed E-state index contributed by atoms with van der Waals surface area (Å²) in [5.41, 5.74) is 0.567. The summed E-state index contributed by atoms with van der Waals surface area (Å²) >= 11 is 0. The maximum atomic E-state index is 11.8. The molecular weight excluding hydrogens is 218 g/mol. The average Bonchev–Trinajstić information content (AvgIpc) is 2.34. The summed E-state index contributed by atoms with van der Waals surface area (Å²) in [6.07, 6.45) is 5.54. The first kappa shape index (κ1) is 12.8. The maximum Gasteiger partial charge on any atom is 0.323 e. The highest BCUT2D eigenvalue weighted by atomic mass is 16.4. The number of hydrogen-bond donors (Lipinski definition) is 1. The van der Waals surface area contributed by atoms with Crippen LogP contribution in [-0.2, 0) is 9.59 Å². The highest BCUT2D eigenvalue weighted by molar-refractivity contribution is 5.97. The summed E-state index contributed by atoms with van der Waals surface area (Å²) in [6, 6.07) is 8.68. The molecule has 0 atom stereocenters. The smallest absolute Gasteiger partial charge is 0.323 e. The molecule has 1 aromatic carbocycles. The van der Waals surface area contributed by atoms with Crippen molar-refractivity contribution in [1.82, 2.24) is 0 Å². The molecule has 4 nitrogen and oxygen atoms in total. The molecule has 0 spiro atoms. The Morgan fingerprint density at radius 1 is 1.29 bits per heavy atom. The Bertz CT molecular complexity index is 434. The zero-order valence-corrected chi connectivity index (χ0v) is 9.30. The minimum atomic E-state index is -1.05. The van der Waals surface area contributed by atoms with E-state index in [4.69, 9.17) is 11.5 Å². The van der Waals surface area contributed by atoms with Gasteiger partial charge < -0.3 is 10.0 Å². The molecule has 1 aromatic rings. The first-order valence-corrected chi connectivity index (χ1v) is 5.16. The zero-order valence-electron chi connectivity index (χ0n) is 9.30. The first-order valence-electron chi connectivity index (χ1n) is 5.16. The Morgan fingerprint density at radius 2 is 1.94 bits per heavy atom. The number of nitrogens with zero attached hydrogens (tertiary/aromatic N) is 1. The number of anilines is 1. The van der Waals surface area contributed by atoms with Crippen LogP contribution in [0.4, 0.5) is 5.69 Å². The molecule has 17 heavy (non-hydrogen) atoms. The van der Waals surface area contributed by atoms with Crippen molar-refractivity contribution in [3.63, 3.8) is 0 Å². The maximum absolute atomic E-state index is 11.8. The molecule has 0 unspecified atom stereocenters. The van der Waals surface area contributed by atoms with E-state index in [2.05, 4.69) is 5.92 Å². The highest BCUT2D eigenvalue weighted by Crippen LogP contribution is 2.14. The quantitative estimate of drug-likeness (QED) is 0.781. The number of para-hydroxylation sites is 1. The van der Waals surface area contributed by atoms with Gasteiger partial charge in [-0.3, -0.25) is 9.59 Å². The Hall–Kier alpha value is -2.28. The van der Waals surface area contributed by atoms with Crippen LogP contribution in [0.3, 0.4) is 0 Å². The third kappa shape index (κ3) is 3.99. The van der Waals surface area contributed by atoms with E-state index >= 15 is 0 Å². The van der Waals surface area contributed by atoms with Gasteiger partial charge in [0, 0.05) is 18.5 Å². The third-order valence-electron chi connectivity index (χ3n) is 2.15. The molecule has 0 saturated heterocycles. The van der Waals surface area contributed by atoms with Crippen molar-refractivity contribution in [1.29, 1.82) is 0 Å². The molecule has 0 aliphatic carbocycles. The van der Waals surface area contributed by atoms with Crippen LogP contribution in [0.2, 0.25) is 0 Å². The number of carboxylic acid groups (broad SMARTS) is 1. The zero-order chi connectivity index (χ0) is 12.7. The van der Waals surface area contributed by atoms with E-state index in [9.17, 15) is 9.59 Å². The van der Waals surface area contributed by atoms with Crippen LogP contribution in [-0.4, -0.2) is 23.5 Å². The Kier molecular flexibility index (Phi) is 4.77. The molecule has 1 rings (SSSR count). The molecule has 4 heteroatoms. The first-order chi connectivity index (χ1) is 8.15. The van der Waals surface area contributed by atoms with Crippen LogP contribution >= 0.6 is 0 Å². The average molecular weight is 231 g/mol. The molecule has 1 amide bonds. The molecular formula is C13H13NO3. The minimum Gasteiger partial charge on any atom is -0.480 e. The molecule has 0 bridgehead atoms. The van der Waals surface area contributed by atoms with Crippen LogP contribution in [0.25, 0.3) is 0 Å². The van der Waals surface area contributed by atoms with Crippen LogP contribution in [0.15, 0.2) is 30.3 Å². The molecule has 0 fully saturated rings. The normalized spacial score (nSPS) is 9.35.